The van der Waals surface area contributed by atoms with Crippen LogP contribution in [0.25, 0.3) is 0 Å². The molecule has 0 aromatic carbocycles. The van der Waals surface area contributed by atoms with Crippen molar-refractivity contribution >= 4 is 21.6 Å². The number of phosphoric acid groups is 2. The summed E-state index contributed by atoms with van der Waals surface area (Å²) in [6.07, 6.45) is -2.64. The van der Waals surface area contributed by atoms with Gasteiger partial charge in [-0.25, -0.2) is 9.13 Å². The number of amides is 1. The summed E-state index contributed by atoms with van der Waals surface area (Å²) in [7, 11) is -10.4. The number of rotatable bonds is 13. The standard InChI is InChI=1S/C18H35NO12P2/c1-11(2)6-5-7-12(3)8-9-28-32(24,25)31-33(26,27)30-18-15(19-13(4)21)17(23)16(22)14(10-20)29-18/h6,12,14-18,20,22-23H,5,7-10H2,1-4H3,(H,19,21)(H,24,25)(H,26,27)/t12-,14+,15+,16+,17+,18+/m0/s1. The largest absolute Gasteiger partial charge is 0.483 e. The predicted molar refractivity (Wildman–Crippen MR) is 116 cm³/mol. The van der Waals surface area contributed by atoms with Gasteiger partial charge in [-0.15, -0.1) is 0 Å². The van der Waals surface area contributed by atoms with Gasteiger partial charge in [-0.3, -0.25) is 13.8 Å². The third kappa shape index (κ3) is 11.1. The van der Waals surface area contributed by atoms with Gasteiger partial charge in [0.25, 0.3) is 0 Å². The Balaban J connectivity index is 2.71. The average molecular weight is 519 g/mol. The van der Waals surface area contributed by atoms with Crippen LogP contribution in [-0.2, 0) is 32.0 Å². The van der Waals surface area contributed by atoms with Gasteiger partial charge in [0, 0.05) is 6.92 Å². The zero-order chi connectivity index (χ0) is 25.4. The molecule has 0 saturated carbocycles. The number of aliphatic hydroxyl groups is 3. The van der Waals surface area contributed by atoms with Gasteiger partial charge in [-0.2, -0.15) is 4.31 Å². The van der Waals surface area contributed by atoms with E-state index in [-0.39, 0.29) is 12.5 Å². The number of aliphatic hydroxyl groups excluding tert-OH is 3. The maximum atomic E-state index is 12.3. The molecule has 6 N–H and O–H groups in total. The predicted octanol–water partition coefficient (Wildman–Crippen LogP) is 0.953. The fourth-order valence-corrected chi connectivity index (χ4v) is 5.20. The lowest BCUT2D eigenvalue weighted by molar-refractivity contribution is -0.247. The summed E-state index contributed by atoms with van der Waals surface area (Å²) in [5, 5.41) is 31.5. The molecular formula is C18H35NO12P2. The Bertz CT molecular complexity index is 759. The van der Waals surface area contributed by atoms with Crippen LogP contribution in [0.1, 0.15) is 47.0 Å². The first-order valence-corrected chi connectivity index (χ1v) is 13.4. The summed E-state index contributed by atoms with van der Waals surface area (Å²) < 4.78 is 43.3. The van der Waals surface area contributed by atoms with Gasteiger partial charge in [0.15, 0.2) is 6.29 Å². The van der Waals surface area contributed by atoms with Gasteiger partial charge in [-0.1, -0.05) is 18.6 Å². The van der Waals surface area contributed by atoms with Crippen LogP contribution in [0.4, 0.5) is 0 Å². The first kappa shape index (κ1) is 30.3. The van der Waals surface area contributed by atoms with Crippen molar-refractivity contribution < 1.29 is 57.1 Å². The molecule has 0 spiro atoms. The summed E-state index contributed by atoms with van der Waals surface area (Å²) in [5.41, 5.74) is 1.18. The molecule has 0 aromatic rings. The van der Waals surface area contributed by atoms with Crippen LogP contribution >= 0.6 is 15.6 Å². The molecule has 1 aliphatic rings. The van der Waals surface area contributed by atoms with Crippen molar-refractivity contribution in [1.29, 1.82) is 0 Å². The minimum Gasteiger partial charge on any atom is -0.394 e. The molecule has 33 heavy (non-hydrogen) atoms. The molecule has 0 aromatic heterocycles. The average Bonchev–Trinajstić information content (AvgIpc) is 2.65. The number of ether oxygens (including phenoxy) is 1. The Morgan fingerprint density at radius 2 is 1.76 bits per heavy atom. The van der Waals surface area contributed by atoms with E-state index >= 15 is 0 Å². The molecule has 2 unspecified atom stereocenters. The van der Waals surface area contributed by atoms with Gasteiger partial charge in [0.1, 0.15) is 24.4 Å². The fraction of sp³-hybridized carbons (Fsp3) is 0.833. The van der Waals surface area contributed by atoms with Crippen LogP contribution in [-0.4, -0.2) is 74.9 Å². The van der Waals surface area contributed by atoms with Crippen molar-refractivity contribution in [2.45, 2.75) is 77.6 Å². The Morgan fingerprint density at radius 1 is 1.12 bits per heavy atom. The van der Waals surface area contributed by atoms with Gasteiger partial charge < -0.3 is 35.2 Å². The van der Waals surface area contributed by atoms with E-state index in [9.17, 15) is 39.0 Å². The minimum absolute atomic E-state index is 0.148. The van der Waals surface area contributed by atoms with Crippen LogP contribution in [0.15, 0.2) is 11.6 Å². The smallest absolute Gasteiger partial charge is 0.394 e. The van der Waals surface area contributed by atoms with Gasteiger partial charge in [0.05, 0.1) is 13.2 Å². The maximum Gasteiger partial charge on any atom is 0.483 e. The first-order valence-electron chi connectivity index (χ1n) is 10.4. The lowest BCUT2D eigenvalue weighted by atomic mass is 9.97. The number of nitrogens with one attached hydrogen (secondary N) is 1. The number of hydrogen-bond donors (Lipinski definition) is 6. The fourth-order valence-electron chi connectivity index (χ4n) is 3.03. The first-order chi connectivity index (χ1) is 15.2. The third-order valence-corrected chi connectivity index (χ3v) is 7.41. The van der Waals surface area contributed by atoms with E-state index in [0.29, 0.717) is 6.42 Å². The number of hydrogen-bond acceptors (Lipinski definition) is 10. The van der Waals surface area contributed by atoms with Gasteiger partial charge in [0.2, 0.25) is 5.91 Å². The van der Waals surface area contributed by atoms with E-state index < -0.39 is 58.8 Å². The molecule has 1 aliphatic heterocycles. The minimum atomic E-state index is -5.34. The molecule has 1 saturated heterocycles. The third-order valence-electron chi connectivity index (χ3n) is 4.77. The van der Waals surface area contributed by atoms with Crippen molar-refractivity contribution in [3.05, 3.63) is 11.6 Å². The van der Waals surface area contributed by atoms with Gasteiger partial charge >= 0.3 is 15.6 Å². The molecule has 194 valence electrons. The van der Waals surface area contributed by atoms with Crippen LogP contribution in [0, 0.1) is 5.92 Å². The lowest BCUT2D eigenvalue weighted by Gasteiger charge is -2.42. The monoisotopic (exact) mass is 519 g/mol. The second kappa shape index (κ2) is 13.4. The summed E-state index contributed by atoms with van der Waals surface area (Å²) in [6.45, 7) is 5.92. The number of allylic oxidation sites excluding steroid dienone is 2. The summed E-state index contributed by atoms with van der Waals surface area (Å²) in [5.74, 6) is -0.551. The highest BCUT2D eigenvalue weighted by Gasteiger charge is 2.49. The number of carbonyl (C=O) groups excluding carboxylic acids is 1. The Labute approximate surface area is 192 Å². The molecule has 15 heteroatoms. The second-order valence-electron chi connectivity index (χ2n) is 8.14. The molecule has 0 bridgehead atoms. The number of phosphoric ester groups is 2. The van der Waals surface area contributed by atoms with E-state index in [1.807, 2.05) is 20.8 Å². The van der Waals surface area contributed by atoms with E-state index in [2.05, 4.69) is 15.7 Å². The van der Waals surface area contributed by atoms with Crippen LogP contribution < -0.4 is 5.32 Å². The van der Waals surface area contributed by atoms with Gasteiger partial charge in [-0.05, 0) is 39.0 Å². The van der Waals surface area contributed by atoms with Crippen LogP contribution in [0.2, 0.25) is 0 Å². The molecule has 0 radical (unpaired) electrons. The van der Waals surface area contributed by atoms with Crippen molar-refractivity contribution in [2.75, 3.05) is 13.2 Å². The summed E-state index contributed by atoms with van der Waals surface area (Å²) >= 11 is 0. The van der Waals surface area contributed by atoms with E-state index in [1.54, 1.807) is 0 Å². The summed E-state index contributed by atoms with van der Waals surface area (Å²) in [6, 6.07) is -1.55. The molecular weight excluding hydrogens is 484 g/mol. The van der Waals surface area contributed by atoms with Crippen molar-refractivity contribution in [1.82, 2.24) is 5.32 Å². The zero-order valence-electron chi connectivity index (χ0n) is 19.1. The molecule has 0 aliphatic carbocycles. The molecule has 1 fully saturated rings. The molecule has 1 amide bonds. The lowest BCUT2D eigenvalue weighted by Crippen LogP contribution is -2.64. The Kier molecular flexibility index (Phi) is 12.3. The molecule has 8 atom stereocenters. The van der Waals surface area contributed by atoms with E-state index in [1.165, 1.54) is 5.57 Å². The van der Waals surface area contributed by atoms with Crippen molar-refractivity contribution in [2.24, 2.45) is 5.92 Å². The van der Waals surface area contributed by atoms with E-state index in [4.69, 9.17) is 13.8 Å². The van der Waals surface area contributed by atoms with Crippen LogP contribution in [0.5, 0.6) is 0 Å². The molecule has 1 rings (SSSR count). The Morgan fingerprint density at radius 3 is 2.30 bits per heavy atom. The molecule has 1 heterocycles. The van der Waals surface area contributed by atoms with Crippen molar-refractivity contribution in [3.8, 4) is 0 Å². The normalized spacial score (nSPS) is 30.0. The second-order valence-corrected chi connectivity index (χ2v) is 11.1. The van der Waals surface area contributed by atoms with Crippen LogP contribution in [0.3, 0.4) is 0 Å². The number of carbonyl (C=O) groups is 1. The maximum absolute atomic E-state index is 12.3. The highest BCUT2D eigenvalue weighted by molar-refractivity contribution is 7.61. The summed E-state index contributed by atoms with van der Waals surface area (Å²) in [4.78, 5) is 31.1. The van der Waals surface area contributed by atoms with E-state index in [0.717, 1.165) is 19.8 Å². The Hall–Kier alpha value is -0.690. The highest BCUT2D eigenvalue weighted by atomic mass is 31.3. The molecule has 13 nitrogen and oxygen atoms in total. The highest BCUT2D eigenvalue weighted by Crippen LogP contribution is 2.61. The zero-order valence-corrected chi connectivity index (χ0v) is 20.9. The van der Waals surface area contributed by atoms with Crippen molar-refractivity contribution in [3.63, 3.8) is 0 Å². The quantitative estimate of drug-likeness (QED) is 0.149. The SMILES string of the molecule is CC(=O)N[C@H]1[C@@H](OP(=O)(O)OP(=O)(O)OCC[C@@H](C)CCC=C(C)C)O[C@H](CO)[C@@H](O)[C@@H]1O. The topological polar surface area (TPSA) is 201 Å².